The number of nitrogens with zero attached hydrogens (tertiary/aromatic N) is 1. The minimum atomic E-state index is -2.36. The van der Waals surface area contributed by atoms with Crippen LogP contribution in [0.2, 0.25) is 0 Å². The van der Waals surface area contributed by atoms with E-state index in [2.05, 4.69) is 0 Å². The van der Waals surface area contributed by atoms with Crippen molar-refractivity contribution in [2.75, 3.05) is 20.8 Å². The van der Waals surface area contributed by atoms with Gasteiger partial charge in [0, 0.05) is 38.9 Å². The van der Waals surface area contributed by atoms with Crippen molar-refractivity contribution in [3.05, 3.63) is 58.5 Å². The van der Waals surface area contributed by atoms with Crippen molar-refractivity contribution in [2.24, 2.45) is 0 Å². The molecule has 2 N–H and O–H groups in total. The molecule has 1 aromatic carbocycles. The second-order valence-corrected chi connectivity index (χ2v) is 5.93. The average molecular weight is 405 g/mol. The summed E-state index contributed by atoms with van der Waals surface area (Å²) < 4.78 is 11.3. The molecule has 0 aliphatic carbocycles. The lowest BCUT2D eigenvalue weighted by atomic mass is 9.93. The maximum absolute atomic E-state index is 12.5. The molecule has 2 aromatic rings. The molecule has 0 saturated carbocycles. The monoisotopic (exact) mass is 405 g/mol. The predicted molar refractivity (Wildman–Crippen MR) is 108 cm³/mol. The second kappa shape index (κ2) is 11.1. The van der Waals surface area contributed by atoms with Crippen LogP contribution in [-0.2, 0) is 32.0 Å². The van der Waals surface area contributed by atoms with Gasteiger partial charge in [0.2, 0.25) is 0 Å². The van der Waals surface area contributed by atoms with Gasteiger partial charge in [0.25, 0.3) is 11.2 Å². The summed E-state index contributed by atoms with van der Waals surface area (Å²) in [6.07, 6.45) is 1.33. The molecule has 1 aromatic heterocycles. The molecule has 2 rings (SSSR count). The van der Waals surface area contributed by atoms with Gasteiger partial charge < -0.3 is 24.3 Å². The lowest BCUT2D eigenvalue weighted by molar-refractivity contribution is -0.179. The van der Waals surface area contributed by atoms with Gasteiger partial charge in [-0.15, -0.1) is 0 Å². The normalized spacial score (nSPS) is 10.8. The molecule has 0 spiro atoms. The van der Waals surface area contributed by atoms with Crippen molar-refractivity contribution >= 4 is 11.9 Å². The Morgan fingerprint density at radius 1 is 1.03 bits per heavy atom. The lowest BCUT2D eigenvalue weighted by Gasteiger charge is -2.23. The number of carboxylic acids is 2. The molecule has 8 heteroatoms. The number of methoxy groups -OCH3 is 2. The summed E-state index contributed by atoms with van der Waals surface area (Å²) in [5.41, 5.74) is -0.953. The number of hydrogen-bond donors (Lipinski definition) is 2. The van der Waals surface area contributed by atoms with Gasteiger partial charge in [0.1, 0.15) is 0 Å². The molecule has 0 aliphatic rings. The van der Waals surface area contributed by atoms with E-state index in [0.717, 1.165) is 7.11 Å². The van der Waals surface area contributed by atoms with E-state index >= 15 is 0 Å². The van der Waals surface area contributed by atoms with Crippen LogP contribution in [0.5, 0.6) is 0 Å². The minimum absolute atomic E-state index is 0.176. The molecule has 0 fully saturated rings. The van der Waals surface area contributed by atoms with Crippen LogP contribution in [0, 0.1) is 0 Å². The van der Waals surface area contributed by atoms with E-state index < -0.39 is 17.5 Å². The van der Waals surface area contributed by atoms with Crippen LogP contribution in [0.3, 0.4) is 0 Å². The fourth-order valence-corrected chi connectivity index (χ4v) is 2.70. The van der Waals surface area contributed by atoms with E-state index in [1.165, 1.54) is 4.57 Å². The highest BCUT2D eigenvalue weighted by atomic mass is 16.5. The number of benzene rings is 1. The molecule has 29 heavy (non-hydrogen) atoms. The van der Waals surface area contributed by atoms with Crippen LogP contribution in [0.15, 0.2) is 47.4 Å². The molecule has 8 nitrogen and oxygen atoms in total. The predicted octanol–water partition coefficient (Wildman–Crippen LogP) is 2.28. The maximum Gasteiger partial charge on any atom is 0.348 e. The summed E-state index contributed by atoms with van der Waals surface area (Å²) >= 11 is 0. The lowest BCUT2D eigenvalue weighted by Crippen LogP contribution is -2.50. The number of rotatable bonds is 9. The van der Waals surface area contributed by atoms with E-state index in [0.29, 0.717) is 29.8 Å². The number of hydrogen-bond acceptors (Lipinski definition) is 5. The molecule has 0 unspecified atom stereocenters. The third-order valence-electron chi connectivity index (χ3n) is 4.31. The highest BCUT2D eigenvalue weighted by Crippen LogP contribution is 2.22. The Morgan fingerprint density at radius 2 is 1.62 bits per heavy atom. The third kappa shape index (κ3) is 5.52. The number of aliphatic carboxylic acids is 2. The molecule has 0 amide bonds. The average Bonchev–Trinajstić information content (AvgIpc) is 2.73. The van der Waals surface area contributed by atoms with Crippen molar-refractivity contribution < 1.29 is 29.3 Å². The third-order valence-corrected chi connectivity index (χ3v) is 4.31. The van der Waals surface area contributed by atoms with E-state index in [1.54, 1.807) is 49.7 Å². The standard InChI is InChI=1S/C19H21NO7.C2H6/c1-26-11-10-20-9-3-4-15(16(20)21)14-7-5-13(6-8-14)12-19(27-2,17(22)23)18(24)25;1-2/h3-9H,10-12H2,1-2H3,(H,22,23)(H,24,25);1-2H3. The Morgan fingerprint density at radius 3 is 2.10 bits per heavy atom. The zero-order valence-corrected chi connectivity index (χ0v) is 17.0. The Kier molecular flexibility index (Phi) is 9.24. The van der Waals surface area contributed by atoms with Gasteiger partial charge >= 0.3 is 11.9 Å². The van der Waals surface area contributed by atoms with Crippen LogP contribution in [0.1, 0.15) is 19.4 Å². The van der Waals surface area contributed by atoms with E-state index in [4.69, 9.17) is 9.47 Å². The highest BCUT2D eigenvalue weighted by Gasteiger charge is 2.47. The topological polar surface area (TPSA) is 115 Å². The Labute approximate surface area is 169 Å². The molecule has 0 atom stereocenters. The first-order valence-electron chi connectivity index (χ1n) is 9.15. The van der Waals surface area contributed by atoms with Crippen molar-refractivity contribution in [3.8, 4) is 11.1 Å². The van der Waals surface area contributed by atoms with Crippen LogP contribution < -0.4 is 5.56 Å². The quantitative estimate of drug-likeness (QED) is 0.615. The van der Waals surface area contributed by atoms with Gasteiger partial charge in [0.05, 0.1) is 6.61 Å². The summed E-state index contributed by atoms with van der Waals surface area (Å²) in [7, 11) is 2.60. The largest absolute Gasteiger partial charge is 0.479 e. The zero-order valence-electron chi connectivity index (χ0n) is 17.0. The molecule has 0 aliphatic heterocycles. The van der Waals surface area contributed by atoms with Gasteiger partial charge in [0.15, 0.2) is 0 Å². The minimum Gasteiger partial charge on any atom is -0.479 e. The Hall–Kier alpha value is -2.97. The van der Waals surface area contributed by atoms with E-state index in [9.17, 15) is 24.6 Å². The van der Waals surface area contributed by atoms with Crippen LogP contribution >= 0.6 is 0 Å². The van der Waals surface area contributed by atoms with Gasteiger partial charge in [-0.05, 0) is 23.3 Å². The van der Waals surface area contributed by atoms with Crippen molar-refractivity contribution in [1.82, 2.24) is 4.57 Å². The second-order valence-electron chi connectivity index (χ2n) is 5.93. The molecule has 1 heterocycles. The van der Waals surface area contributed by atoms with Crippen molar-refractivity contribution in [2.45, 2.75) is 32.4 Å². The van der Waals surface area contributed by atoms with Gasteiger partial charge in [-0.1, -0.05) is 38.1 Å². The molecule has 158 valence electrons. The zero-order chi connectivity index (χ0) is 22.0. The highest BCUT2D eigenvalue weighted by molar-refractivity contribution is 6.02. The van der Waals surface area contributed by atoms with Gasteiger partial charge in [-0.3, -0.25) is 4.79 Å². The van der Waals surface area contributed by atoms with Crippen molar-refractivity contribution in [3.63, 3.8) is 0 Å². The summed E-state index contributed by atoms with van der Waals surface area (Å²) in [4.78, 5) is 35.3. The summed E-state index contributed by atoms with van der Waals surface area (Å²) in [6.45, 7) is 4.83. The smallest absolute Gasteiger partial charge is 0.348 e. The molecule has 0 radical (unpaired) electrons. The number of carboxylic acid groups (broad SMARTS) is 2. The van der Waals surface area contributed by atoms with Crippen molar-refractivity contribution in [1.29, 1.82) is 0 Å². The fourth-order valence-electron chi connectivity index (χ4n) is 2.70. The Bertz CT molecular complexity index is 857. The molecular formula is C21H27NO7. The van der Waals surface area contributed by atoms with E-state index in [1.807, 2.05) is 13.8 Å². The van der Waals surface area contributed by atoms with Crippen LogP contribution in [0.4, 0.5) is 0 Å². The maximum atomic E-state index is 12.5. The van der Waals surface area contributed by atoms with Crippen LogP contribution in [-0.4, -0.2) is 53.1 Å². The first kappa shape index (κ1) is 24.1. The summed E-state index contributed by atoms with van der Waals surface area (Å²) in [5.74, 6) is -3.16. The first-order chi connectivity index (χ1) is 13.9. The number of carbonyl (C=O) groups is 2. The first-order valence-corrected chi connectivity index (χ1v) is 9.15. The summed E-state index contributed by atoms with van der Waals surface area (Å²) in [5, 5.41) is 18.5. The van der Waals surface area contributed by atoms with Crippen LogP contribution in [0.25, 0.3) is 11.1 Å². The molecular weight excluding hydrogens is 378 g/mol. The number of aromatic nitrogens is 1. The SMILES string of the molecule is CC.COCCn1cccc(-c2ccc(CC(OC)(C(=O)O)C(=O)O)cc2)c1=O. The van der Waals surface area contributed by atoms with Gasteiger partial charge in [-0.25, -0.2) is 9.59 Å². The van der Waals surface area contributed by atoms with E-state index in [-0.39, 0.29) is 12.0 Å². The molecule has 0 bridgehead atoms. The fraction of sp³-hybridized carbons (Fsp3) is 0.381. The number of pyridine rings is 1. The summed E-state index contributed by atoms with van der Waals surface area (Å²) in [6, 6.07) is 9.91. The molecule has 0 saturated heterocycles. The Balaban J connectivity index is 0.00000204. The van der Waals surface area contributed by atoms with Gasteiger partial charge in [-0.2, -0.15) is 0 Å². The number of ether oxygens (including phenoxy) is 2.